The Morgan fingerprint density at radius 2 is 2.04 bits per heavy atom. The Balaban J connectivity index is 2.05. The molecule has 0 unspecified atom stereocenters. The zero-order chi connectivity index (χ0) is 16.8. The van der Waals surface area contributed by atoms with E-state index >= 15 is 0 Å². The molecule has 0 spiro atoms. The lowest BCUT2D eigenvalue weighted by molar-refractivity contribution is -0.574. The number of carbonyl (C=O) groups excluding carboxylic acids is 1. The van der Waals surface area contributed by atoms with E-state index < -0.39 is 0 Å². The predicted octanol–water partition coefficient (Wildman–Crippen LogP) is 4.08. The molecule has 0 saturated carbocycles. The third-order valence-corrected chi connectivity index (χ3v) is 4.96. The minimum Gasteiger partial charge on any atom is -0.293 e. The van der Waals surface area contributed by atoms with E-state index in [2.05, 4.69) is 21.8 Å². The highest BCUT2D eigenvalue weighted by Gasteiger charge is 2.18. The number of pyridine rings is 1. The van der Waals surface area contributed by atoms with Crippen LogP contribution in [0.3, 0.4) is 0 Å². The number of nitrogens with one attached hydrogen (secondary N) is 1. The van der Waals surface area contributed by atoms with Crippen molar-refractivity contribution in [1.29, 1.82) is 5.41 Å². The molecule has 116 valence electrons. The number of thioether (sulfide) groups is 1. The molecule has 2 aromatic rings. The fraction of sp³-hybridized carbons (Fsp3) is 0.118. The van der Waals surface area contributed by atoms with Gasteiger partial charge in [0.1, 0.15) is 0 Å². The highest BCUT2D eigenvalue weighted by atomic mass is 79.9. The van der Waals surface area contributed by atoms with Gasteiger partial charge in [-0.25, -0.2) is 0 Å². The Bertz CT molecular complexity index is 796. The molecule has 23 heavy (non-hydrogen) atoms. The number of nitrogens with zero attached hydrogens (tertiary/aromatic N) is 1. The first-order chi connectivity index (χ1) is 11.0. The van der Waals surface area contributed by atoms with Crippen LogP contribution >= 0.6 is 39.9 Å². The minimum absolute atomic E-state index is 0.00317. The molecule has 1 heterocycles. The first kappa shape index (κ1) is 17.8. The van der Waals surface area contributed by atoms with Gasteiger partial charge in [0.05, 0.1) is 11.6 Å². The topological polar surface area (TPSA) is 44.8 Å². The van der Waals surface area contributed by atoms with Crippen LogP contribution in [0.1, 0.15) is 15.9 Å². The van der Waals surface area contributed by atoms with E-state index in [-0.39, 0.29) is 11.5 Å². The third-order valence-electron chi connectivity index (χ3n) is 3.02. The molecule has 1 aromatic carbocycles. The van der Waals surface area contributed by atoms with Gasteiger partial charge in [0.2, 0.25) is 0 Å². The summed E-state index contributed by atoms with van der Waals surface area (Å²) < 4.78 is 3.16. The van der Waals surface area contributed by atoms with Crippen LogP contribution in [-0.2, 0) is 0 Å². The maximum atomic E-state index is 12.2. The van der Waals surface area contributed by atoms with Crippen molar-refractivity contribution in [3.8, 4) is 0 Å². The van der Waals surface area contributed by atoms with Crippen molar-refractivity contribution < 1.29 is 9.36 Å². The fourth-order valence-electron chi connectivity index (χ4n) is 1.87. The van der Waals surface area contributed by atoms with Crippen molar-refractivity contribution in [3.63, 3.8) is 0 Å². The lowest BCUT2D eigenvalue weighted by Gasteiger charge is -2.03. The molecule has 0 aliphatic carbocycles. The molecule has 2 rings (SSSR count). The van der Waals surface area contributed by atoms with Crippen LogP contribution in [0.5, 0.6) is 0 Å². The second-order valence-corrected chi connectivity index (χ2v) is 7.34. The molecular formula is C17H14BrN2OS2+. The van der Waals surface area contributed by atoms with Gasteiger partial charge in [0.25, 0.3) is 5.70 Å². The summed E-state index contributed by atoms with van der Waals surface area (Å²) in [5, 5.41) is 7.47. The molecule has 0 aliphatic rings. The van der Waals surface area contributed by atoms with Gasteiger partial charge in [-0.15, -0.1) is 0 Å². The molecule has 0 amide bonds. The van der Waals surface area contributed by atoms with Crippen LogP contribution in [0.15, 0.2) is 53.3 Å². The molecule has 0 aliphatic heterocycles. The number of carbonyl (C=O) groups is 1. The van der Waals surface area contributed by atoms with Gasteiger partial charge in [0.15, 0.2) is 22.4 Å². The molecule has 3 nitrogen and oxygen atoms in total. The van der Waals surface area contributed by atoms with Crippen molar-refractivity contribution >= 4 is 61.5 Å². The van der Waals surface area contributed by atoms with E-state index in [1.54, 1.807) is 16.7 Å². The Morgan fingerprint density at radius 3 is 2.65 bits per heavy atom. The summed E-state index contributed by atoms with van der Waals surface area (Å²) >= 11 is 9.94. The van der Waals surface area contributed by atoms with Crippen LogP contribution in [0, 0.1) is 12.3 Å². The van der Waals surface area contributed by atoms with Crippen molar-refractivity contribution in [2.75, 3.05) is 5.75 Å². The summed E-state index contributed by atoms with van der Waals surface area (Å²) in [5.74, 6) is 2.60. The predicted molar refractivity (Wildman–Crippen MR) is 102 cm³/mol. The second-order valence-electron chi connectivity index (χ2n) is 4.77. The van der Waals surface area contributed by atoms with Gasteiger partial charge in [-0.2, -0.15) is 4.57 Å². The maximum Gasteiger partial charge on any atom is 0.297 e. The Hall–Kier alpha value is -1.59. The molecular weight excluding hydrogens is 392 g/mol. The number of rotatable bonds is 5. The van der Waals surface area contributed by atoms with E-state index in [1.807, 2.05) is 43.6 Å². The largest absolute Gasteiger partial charge is 0.297 e. The SMILES string of the molecule is Cc1ccc[n+](C(=C=N)C(=S)SCC(=O)c2ccc(Br)cc2)c1. The van der Waals surface area contributed by atoms with Gasteiger partial charge in [-0.05, 0) is 25.1 Å². The Labute approximate surface area is 153 Å². The van der Waals surface area contributed by atoms with Crippen LogP contribution in [0.25, 0.3) is 5.70 Å². The van der Waals surface area contributed by atoms with Crippen LogP contribution in [0.2, 0.25) is 0 Å². The van der Waals surface area contributed by atoms with E-state index in [4.69, 9.17) is 17.6 Å². The summed E-state index contributed by atoms with van der Waals surface area (Å²) in [6.45, 7) is 1.96. The molecule has 1 N–H and O–H groups in total. The molecule has 6 heteroatoms. The fourth-order valence-corrected chi connectivity index (χ4v) is 3.19. The normalized spacial score (nSPS) is 10.0. The molecule has 0 saturated heterocycles. The zero-order valence-electron chi connectivity index (χ0n) is 12.4. The van der Waals surface area contributed by atoms with E-state index in [0.29, 0.717) is 15.5 Å². The van der Waals surface area contributed by atoms with E-state index in [9.17, 15) is 4.79 Å². The van der Waals surface area contributed by atoms with E-state index in [0.717, 1.165) is 10.0 Å². The van der Waals surface area contributed by atoms with Crippen molar-refractivity contribution in [3.05, 3.63) is 64.4 Å². The number of aromatic nitrogens is 1. The van der Waals surface area contributed by atoms with E-state index in [1.165, 1.54) is 11.8 Å². The lowest BCUT2D eigenvalue weighted by Crippen LogP contribution is -2.35. The number of benzene rings is 1. The van der Waals surface area contributed by atoms with Gasteiger partial charge >= 0.3 is 0 Å². The lowest BCUT2D eigenvalue weighted by atomic mass is 10.2. The van der Waals surface area contributed by atoms with Crippen molar-refractivity contribution in [2.24, 2.45) is 0 Å². The zero-order valence-corrected chi connectivity index (χ0v) is 15.6. The number of aryl methyl sites for hydroxylation is 1. The standard InChI is InChI=1S/C17H14BrN2OS2/c1-12-3-2-8-20(10-12)15(9-19)17(22)23-11-16(21)13-4-6-14(18)7-5-13/h2-8,10,19H,11H2,1H3/q+1. The third kappa shape index (κ3) is 4.94. The number of halogens is 1. The number of Topliss-reactive ketones (excluding diaryl/α,β-unsaturated/α-hetero) is 1. The summed E-state index contributed by atoms with van der Waals surface area (Å²) in [4.78, 5) is 12.2. The molecule has 0 bridgehead atoms. The second kappa shape index (κ2) is 8.31. The average Bonchev–Trinajstić information content (AvgIpc) is 2.54. The Kier molecular flexibility index (Phi) is 6.42. The highest BCUT2D eigenvalue weighted by Crippen LogP contribution is 2.16. The minimum atomic E-state index is 0.00317. The summed E-state index contributed by atoms with van der Waals surface area (Å²) in [7, 11) is 0. The smallest absolute Gasteiger partial charge is 0.293 e. The van der Waals surface area contributed by atoms with Gasteiger partial charge in [-0.3, -0.25) is 10.2 Å². The van der Waals surface area contributed by atoms with Crippen LogP contribution in [-0.4, -0.2) is 21.6 Å². The first-order valence-electron chi connectivity index (χ1n) is 6.75. The van der Waals surface area contributed by atoms with Gasteiger partial charge < -0.3 is 0 Å². The monoisotopic (exact) mass is 405 g/mol. The average molecular weight is 406 g/mol. The molecule has 0 atom stereocenters. The number of hydrogen-bond donors (Lipinski definition) is 1. The quantitative estimate of drug-likeness (QED) is 0.268. The van der Waals surface area contributed by atoms with Gasteiger partial charge in [0, 0.05) is 21.7 Å². The maximum absolute atomic E-state index is 12.2. The number of hydrogen-bond acceptors (Lipinski definition) is 4. The summed E-state index contributed by atoms with van der Waals surface area (Å²) in [5.41, 5.74) is 2.17. The highest BCUT2D eigenvalue weighted by molar-refractivity contribution is 9.10. The molecule has 1 aromatic heterocycles. The first-order valence-corrected chi connectivity index (χ1v) is 8.94. The molecule has 0 radical (unpaired) electrons. The van der Waals surface area contributed by atoms with Crippen molar-refractivity contribution in [1.82, 2.24) is 0 Å². The molecule has 0 fully saturated rings. The van der Waals surface area contributed by atoms with Crippen molar-refractivity contribution in [2.45, 2.75) is 6.92 Å². The summed E-state index contributed by atoms with van der Waals surface area (Å²) in [6.07, 6.45) is 3.69. The Morgan fingerprint density at radius 1 is 1.35 bits per heavy atom. The number of thiocarbonyl (C=S) groups is 1. The number of ketones is 1. The van der Waals surface area contributed by atoms with Crippen LogP contribution in [0.4, 0.5) is 0 Å². The van der Waals surface area contributed by atoms with Gasteiger partial charge in [-0.1, -0.05) is 52.0 Å². The van der Waals surface area contributed by atoms with Crippen LogP contribution < -0.4 is 4.57 Å². The summed E-state index contributed by atoms with van der Waals surface area (Å²) in [6, 6.07) is 11.1.